The van der Waals surface area contributed by atoms with Crippen molar-refractivity contribution in [3.05, 3.63) is 0 Å². The topological polar surface area (TPSA) is 66.8 Å². The number of hydrogen-bond acceptors (Lipinski definition) is 4. The molecule has 0 aliphatic carbocycles. The Kier molecular flexibility index (Phi) is 3.46. The average molecular weight is 201 g/mol. The van der Waals surface area contributed by atoms with E-state index in [0.717, 1.165) is 0 Å². The lowest BCUT2D eigenvalue weighted by atomic mass is 10.1. The van der Waals surface area contributed by atoms with Crippen molar-refractivity contribution in [1.82, 2.24) is 4.90 Å². The zero-order chi connectivity index (χ0) is 10.7. The summed E-state index contributed by atoms with van der Waals surface area (Å²) in [5, 5.41) is 8.77. The van der Waals surface area contributed by atoms with Crippen LogP contribution in [-0.4, -0.2) is 48.2 Å². The van der Waals surface area contributed by atoms with Gasteiger partial charge in [-0.25, -0.2) is 0 Å². The number of esters is 1. The number of carboxylic acid groups (broad SMARTS) is 1. The first-order chi connectivity index (χ1) is 6.56. The van der Waals surface area contributed by atoms with Gasteiger partial charge in [0.1, 0.15) is 6.04 Å². The van der Waals surface area contributed by atoms with Crippen LogP contribution in [0.1, 0.15) is 13.3 Å². The molecule has 1 fully saturated rings. The molecule has 2 atom stereocenters. The number of methoxy groups -OCH3 is 1. The Hall–Kier alpha value is -1.10. The molecule has 14 heavy (non-hydrogen) atoms. The second-order valence-electron chi connectivity index (χ2n) is 3.52. The fourth-order valence-electron chi connectivity index (χ4n) is 1.66. The summed E-state index contributed by atoms with van der Waals surface area (Å²) in [6, 6.07) is -0.343. The summed E-state index contributed by atoms with van der Waals surface area (Å²) in [7, 11) is 1.34. The molecule has 5 heteroatoms. The molecular weight excluding hydrogens is 186 g/mol. The molecule has 0 aromatic rings. The summed E-state index contributed by atoms with van der Waals surface area (Å²) in [5.74, 6) is -1.44. The zero-order valence-corrected chi connectivity index (χ0v) is 8.40. The van der Waals surface area contributed by atoms with Crippen LogP contribution in [0.4, 0.5) is 0 Å². The molecule has 80 valence electrons. The van der Waals surface area contributed by atoms with Crippen molar-refractivity contribution in [3.63, 3.8) is 0 Å². The smallest absolute Gasteiger partial charge is 0.322 e. The summed E-state index contributed by atoms with van der Waals surface area (Å²) in [6.07, 6.45) is 0.608. The molecule has 0 amide bonds. The fraction of sp³-hybridized carbons (Fsp3) is 0.778. The number of carbonyl (C=O) groups excluding carboxylic acids is 1. The maximum atomic E-state index is 11.2. The second kappa shape index (κ2) is 4.41. The van der Waals surface area contributed by atoms with E-state index in [2.05, 4.69) is 4.74 Å². The Bertz CT molecular complexity index is 241. The van der Waals surface area contributed by atoms with E-state index in [1.54, 1.807) is 6.92 Å². The molecule has 0 bridgehead atoms. The van der Waals surface area contributed by atoms with Gasteiger partial charge in [-0.2, -0.15) is 0 Å². The largest absolute Gasteiger partial charge is 0.481 e. The summed E-state index contributed by atoms with van der Waals surface area (Å²) in [4.78, 5) is 23.7. The normalized spacial score (nSPS) is 24.6. The maximum Gasteiger partial charge on any atom is 0.322 e. The van der Waals surface area contributed by atoms with Crippen LogP contribution in [0.2, 0.25) is 0 Å². The van der Waals surface area contributed by atoms with Crippen molar-refractivity contribution in [2.45, 2.75) is 19.4 Å². The second-order valence-corrected chi connectivity index (χ2v) is 3.52. The average Bonchev–Trinajstić information content (AvgIpc) is 2.64. The van der Waals surface area contributed by atoms with Crippen LogP contribution in [0, 0.1) is 5.92 Å². The minimum absolute atomic E-state index is 0.309. The fourth-order valence-corrected chi connectivity index (χ4v) is 1.66. The van der Waals surface area contributed by atoms with Crippen molar-refractivity contribution >= 4 is 11.9 Å². The lowest BCUT2D eigenvalue weighted by Gasteiger charge is -2.21. The van der Waals surface area contributed by atoms with Gasteiger partial charge in [-0.1, -0.05) is 0 Å². The number of likely N-dealkylation sites (tertiary alicyclic amines) is 1. The highest BCUT2D eigenvalue weighted by Crippen LogP contribution is 2.18. The first kappa shape index (κ1) is 11.0. The van der Waals surface area contributed by atoms with Crippen LogP contribution in [0.15, 0.2) is 0 Å². The van der Waals surface area contributed by atoms with Crippen molar-refractivity contribution in [2.75, 3.05) is 20.2 Å². The predicted molar refractivity (Wildman–Crippen MR) is 48.8 cm³/mol. The van der Waals surface area contributed by atoms with Gasteiger partial charge in [0, 0.05) is 6.54 Å². The first-order valence-corrected chi connectivity index (χ1v) is 4.61. The molecule has 0 saturated carbocycles. The summed E-state index contributed by atoms with van der Waals surface area (Å²) in [6.45, 7) is 2.81. The number of aliphatic carboxylic acids is 1. The molecule has 2 unspecified atom stereocenters. The van der Waals surface area contributed by atoms with E-state index < -0.39 is 5.97 Å². The van der Waals surface area contributed by atoms with E-state index >= 15 is 0 Å². The third-order valence-electron chi connectivity index (χ3n) is 2.66. The Labute approximate surface area is 82.6 Å². The van der Waals surface area contributed by atoms with Gasteiger partial charge in [-0.05, 0) is 19.9 Å². The summed E-state index contributed by atoms with van der Waals surface area (Å²) in [5.41, 5.74) is 0. The van der Waals surface area contributed by atoms with Crippen molar-refractivity contribution in [2.24, 2.45) is 5.92 Å². The monoisotopic (exact) mass is 201 g/mol. The first-order valence-electron chi connectivity index (χ1n) is 4.61. The van der Waals surface area contributed by atoms with Crippen molar-refractivity contribution in [3.8, 4) is 0 Å². The summed E-state index contributed by atoms with van der Waals surface area (Å²) < 4.78 is 4.59. The SMILES string of the molecule is COC(=O)C(C)N1CCC(C(=O)O)C1. The van der Waals surface area contributed by atoms with Gasteiger partial charge in [0.05, 0.1) is 13.0 Å². The highest BCUT2D eigenvalue weighted by molar-refractivity contribution is 5.75. The van der Waals surface area contributed by atoms with E-state index in [-0.39, 0.29) is 17.9 Å². The Balaban J connectivity index is 2.49. The van der Waals surface area contributed by atoms with Crippen LogP contribution in [0.5, 0.6) is 0 Å². The number of ether oxygens (including phenoxy) is 1. The molecule has 1 N–H and O–H groups in total. The van der Waals surface area contributed by atoms with Crippen molar-refractivity contribution in [1.29, 1.82) is 0 Å². The molecule has 1 heterocycles. The number of rotatable bonds is 3. The van der Waals surface area contributed by atoms with Gasteiger partial charge in [-0.3, -0.25) is 14.5 Å². The number of carbonyl (C=O) groups is 2. The van der Waals surface area contributed by atoms with E-state index in [1.165, 1.54) is 7.11 Å². The lowest BCUT2D eigenvalue weighted by Crippen LogP contribution is -2.38. The molecule has 0 spiro atoms. The van der Waals surface area contributed by atoms with Crippen LogP contribution in [0.3, 0.4) is 0 Å². The number of carboxylic acids is 1. The molecule has 0 aromatic carbocycles. The van der Waals surface area contributed by atoms with Gasteiger partial charge in [0.2, 0.25) is 0 Å². The molecule has 1 rings (SSSR count). The van der Waals surface area contributed by atoms with E-state index in [1.807, 2.05) is 4.90 Å². The highest BCUT2D eigenvalue weighted by atomic mass is 16.5. The van der Waals surface area contributed by atoms with Crippen LogP contribution in [-0.2, 0) is 14.3 Å². The lowest BCUT2D eigenvalue weighted by molar-refractivity contribution is -0.147. The minimum Gasteiger partial charge on any atom is -0.481 e. The number of hydrogen-bond donors (Lipinski definition) is 1. The predicted octanol–water partition coefficient (Wildman–Crippen LogP) is -0.0456. The van der Waals surface area contributed by atoms with E-state index in [4.69, 9.17) is 5.11 Å². The number of nitrogens with zero attached hydrogens (tertiary/aromatic N) is 1. The quantitative estimate of drug-likeness (QED) is 0.649. The van der Waals surface area contributed by atoms with Gasteiger partial charge in [0.25, 0.3) is 0 Å². The van der Waals surface area contributed by atoms with Gasteiger partial charge < -0.3 is 9.84 Å². The molecule has 0 radical (unpaired) electrons. The van der Waals surface area contributed by atoms with E-state index in [0.29, 0.717) is 19.5 Å². The van der Waals surface area contributed by atoms with Gasteiger partial charge in [0.15, 0.2) is 0 Å². The Morgan fingerprint density at radius 1 is 1.57 bits per heavy atom. The standard InChI is InChI=1S/C9H15NO4/c1-6(9(13)14-2)10-4-3-7(5-10)8(11)12/h6-7H,3-5H2,1-2H3,(H,11,12). The highest BCUT2D eigenvalue weighted by Gasteiger charge is 2.33. The van der Waals surface area contributed by atoms with Crippen molar-refractivity contribution < 1.29 is 19.4 Å². The van der Waals surface area contributed by atoms with Crippen LogP contribution in [0.25, 0.3) is 0 Å². The molecule has 1 aliphatic rings. The van der Waals surface area contributed by atoms with Crippen LogP contribution < -0.4 is 0 Å². The third kappa shape index (κ3) is 2.23. The molecule has 1 saturated heterocycles. The van der Waals surface area contributed by atoms with E-state index in [9.17, 15) is 9.59 Å². The maximum absolute atomic E-state index is 11.2. The molecule has 1 aliphatic heterocycles. The zero-order valence-electron chi connectivity index (χ0n) is 8.40. The Morgan fingerprint density at radius 2 is 2.21 bits per heavy atom. The molecular formula is C9H15NO4. The molecule has 0 aromatic heterocycles. The third-order valence-corrected chi connectivity index (χ3v) is 2.66. The minimum atomic E-state index is -0.787. The Morgan fingerprint density at radius 3 is 2.64 bits per heavy atom. The summed E-state index contributed by atoms with van der Waals surface area (Å²) >= 11 is 0. The van der Waals surface area contributed by atoms with Gasteiger partial charge >= 0.3 is 11.9 Å². The molecule has 5 nitrogen and oxygen atoms in total. The van der Waals surface area contributed by atoms with Crippen LogP contribution >= 0.6 is 0 Å². The van der Waals surface area contributed by atoms with Gasteiger partial charge in [-0.15, -0.1) is 0 Å².